The predicted molar refractivity (Wildman–Crippen MR) is 217 cm³/mol. The topological polar surface area (TPSA) is 13.1 Å². The molecule has 8 aromatic carbocycles. The zero-order valence-corrected chi connectivity index (χ0v) is 29.4. The number of hydrogen-bond donors (Lipinski definition) is 0. The van der Waals surface area contributed by atoms with Crippen LogP contribution in [0.1, 0.15) is 41.5 Å². The second-order valence-electron chi connectivity index (χ2n) is 11.2. The summed E-state index contributed by atoms with van der Waals surface area (Å²) in [5, 5.41) is 9.80. The molecule has 0 bridgehead atoms. The minimum absolute atomic E-state index is 0.915. The largest absolute Gasteiger partial charge is 0.455 e. The van der Waals surface area contributed by atoms with Gasteiger partial charge in [0.25, 0.3) is 0 Å². The highest BCUT2D eigenvalue weighted by Crippen LogP contribution is 2.48. The Kier molecular flexibility index (Phi) is 10.2. The molecule has 0 saturated carbocycles. The number of para-hydroxylation sites is 2. The van der Waals surface area contributed by atoms with Gasteiger partial charge in [-0.3, -0.25) is 0 Å². The summed E-state index contributed by atoms with van der Waals surface area (Å²) in [4.78, 5) is 0. The van der Waals surface area contributed by atoms with E-state index in [9.17, 15) is 0 Å². The summed E-state index contributed by atoms with van der Waals surface area (Å²) in [7, 11) is 0. The molecule has 9 rings (SSSR count). The van der Waals surface area contributed by atoms with Crippen molar-refractivity contribution >= 4 is 54.3 Å². The van der Waals surface area contributed by atoms with Gasteiger partial charge in [0.15, 0.2) is 0 Å². The third-order valence-electron chi connectivity index (χ3n) is 8.88. The Labute approximate surface area is 290 Å². The number of rotatable bonds is 3. The molecule has 0 N–H and O–H groups in total. The van der Waals surface area contributed by atoms with Crippen LogP contribution in [0.2, 0.25) is 0 Å². The smallest absolute Gasteiger partial charge is 0.143 e. The van der Waals surface area contributed by atoms with Crippen molar-refractivity contribution in [3.63, 3.8) is 0 Å². The molecule has 242 valence electrons. The molecule has 1 heteroatoms. The standard InChI is InChI=1S/C42H26O.3C2H6/c1-2-15-28-27(13-1)14-11-23-31(28)40-33-19-5-7-21-35(33)41(36-22-8-6-20-34(36)40)32-18-4-3-16-29(32)37-24-12-25-38-30-17-9-10-26-39(30)43-42(37)38;3*1-2/h1-26H;3*1-2H3. The maximum atomic E-state index is 6.52. The van der Waals surface area contributed by atoms with Crippen molar-refractivity contribution in [2.75, 3.05) is 0 Å². The first-order valence-electron chi connectivity index (χ1n) is 17.8. The molecule has 0 fully saturated rings. The highest BCUT2D eigenvalue weighted by molar-refractivity contribution is 6.24. The lowest BCUT2D eigenvalue weighted by Gasteiger charge is -2.20. The summed E-state index contributed by atoms with van der Waals surface area (Å²) in [5.41, 5.74) is 9.11. The van der Waals surface area contributed by atoms with Crippen LogP contribution in [0.15, 0.2) is 162 Å². The number of hydrogen-bond acceptors (Lipinski definition) is 1. The summed E-state index contributed by atoms with van der Waals surface area (Å²) in [6, 6.07) is 56.7. The van der Waals surface area contributed by atoms with E-state index < -0.39 is 0 Å². The van der Waals surface area contributed by atoms with E-state index in [0.717, 1.165) is 27.5 Å². The first-order chi connectivity index (χ1) is 24.4. The first kappa shape index (κ1) is 33.2. The highest BCUT2D eigenvalue weighted by atomic mass is 16.3. The van der Waals surface area contributed by atoms with Gasteiger partial charge in [0.2, 0.25) is 0 Å². The first-order valence-corrected chi connectivity index (χ1v) is 17.8. The zero-order valence-electron chi connectivity index (χ0n) is 29.4. The van der Waals surface area contributed by atoms with E-state index in [4.69, 9.17) is 4.42 Å². The van der Waals surface area contributed by atoms with Crippen LogP contribution in [0, 0.1) is 0 Å². The fraction of sp³-hybridized carbons (Fsp3) is 0.125. The summed E-state index contributed by atoms with van der Waals surface area (Å²) >= 11 is 0. The van der Waals surface area contributed by atoms with Crippen LogP contribution in [0.3, 0.4) is 0 Å². The molecule has 0 saturated heterocycles. The van der Waals surface area contributed by atoms with E-state index in [2.05, 4.69) is 152 Å². The maximum Gasteiger partial charge on any atom is 0.143 e. The summed E-state index contributed by atoms with van der Waals surface area (Å²) in [5.74, 6) is 0. The molecule has 0 spiro atoms. The molecule has 1 heterocycles. The van der Waals surface area contributed by atoms with Crippen LogP contribution in [0.5, 0.6) is 0 Å². The lowest BCUT2D eigenvalue weighted by molar-refractivity contribution is 0.670. The van der Waals surface area contributed by atoms with Gasteiger partial charge in [-0.2, -0.15) is 0 Å². The molecule has 1 aromatic heterocycles. The van der Waals surface area contributed by atoms with Gasteiger partial charge in [-0.1, -0.05) is 193 Å². The van der Waals surface area contributed by atoms with Crippen molar-refractivity contribution in [1.29, 1.82) is 0 Å². The van der Waals surface area contributed by atoms with Crippen molar-refractivity contribution in [2.24, 2.45) is 0 Å². The summed E-state index contributed by atoms with van der Waals surface area (Å²) < 4.78 is 6.52. The number of fused-ring (bicyclic) bond motifs is 6. The third kappa shape index (κ3) is 5.76. The van der Waals surface area contributed by atoms with E-state index in [1.54, 1.807) is 0 Å². The molecule has 0 aliphatic carbocycles. The SMILES string of the molecule is CC.CC.CC.c1ccc(-c2cccc3c2oc2ccccc23)c(-c2c3ccccc3c(-c3cccc4ccccc34)c3ccccc23)c1. The Morgan fingerprint density at radius 3 is 1.31 bits per heavy atom. The van der Waals surface area contributed by atoms with Gasteiger partial charge in [-0.25, -0.2) is 0 Å². The van der Waals surface area contributed by atoms with Crippen LogP contribution in [-0.2, 0) is 0 Å². The molecule has 0 amide bonds. The van der Waals surface area contributed by atoms with Gasteiger partial charge < -0.3 is 4.42 Å². The van der Waals surface area contributed by atoms with E-state index in [-0.39, 0.29) is 0 Å². The molecule has 9 aromatic rings. The zero-order chi connectivity index (χ0) is 34.3. The Hall–Kier alpha value is -5.66. The van der Waals surface area contributed by atoms with Gasteiger partial charge in [0.05, 0.1) is 0 Å². The molecule has 1 nitrogen and oxygen atoms in total. The van der Waals surface area contributed by atoms with Crippen LogP contribution < -0.4 is 0 Å². The minimum Gasteiger partial charge on any atom is -0.455 e. The Bertz CT molecular complexity index is 2450. The second-order valence-corrected chi connectivity index (χ2v) is 11.2. The predicted octanol–water partition coefficient (Wildman–Crippen LogP) is 15.1. The van der Waals surface area contributed by atoms with Gasteiger partial charge in [-0.05, 0) is 66.2 Å². The highest BCUT2D eigenvalue weighted by Gasteiger charge is 2.21. The van der Waals surface area contributed by atoms with Crippen LogP contribution in [0.25, 0.3) is 87.6 Å². The quantitative estimate of drug-likeness (QED) is 0.176. The Morgan fingerprint density at radius 1 is 0.286 bits per heavy atom. The van der Waals surface area contributed by atoms with E-state index in [1.165, 1.54) is 60.1 Å². The third-order valence-corrected chi connectivity index (χ3v) is 8.88. The molecule has 0 unspecified atom stereocenters. The van der Waals surface area contributed by atoms with Crippen molar-refractivity contribution < 1.29 is 4.42 Å². The lowest BCUT2D eigenvalue weighted by Crippen LogP contribution is -1.93. The fourth-order valence-electron chi connectivity index (χ4n) is 7.05. The average Bonchev–Trinajstić information content (AvgIpc) is 3.58. The van der Waals surface area contributed by atoms with Gasteiger partial charge >= 0.3 is 0 Å². The van der Waals surface area contributed by atoms with Gasteiger partial charge in [-0.15, -0.1) is 0 Å². The van der Waals surface area contributed by atoms with E-state index in [0.29, 0.717) is 0 Å². The van der Waals surface area contributed by atoms with Crippen molar-refractivity contribution in [2.45, 2.75) is 41.5 Å². The van der Waals surface area contributed by atoms with Crippen LogP contribution >= 0.6 is 0 Å². The average molecular weight is 637 g/mol. The molecule has 0 aliphatic heterocycles. The fourth-order valence-corrected chi connectivity index (χ4v) is 7.05. The number of benzene rings is 8. The van der Waals surface area contributed by atoms with E-state index in [1.807, 2.05) is 47.6 Å². The van der Waals surface area contributed by atoms with E-state index >= 15 is 0 Å². The Balaban J connectivity index is 0.000000661. The number of furan rings is 1. The van der Waals surface area contributed by atoms with Crippen LogP contribution in [-0.4, -0.2) is 0 Å². The molecule has 0 atom stereocenters. The molecule has 0 radical (unpaired) electrons. The van der Waals surface area contributed by atoms with Crippen molar-refractivity contribution in [3.05, 3.63) is 158 Å². The normalized spacial score (nSPS) is 10.7. The molecular weight excluding hydrogens is 593 g/mol. The van der Waals surface area contributed by atoms with Crippen molar-refractivity contribution in [3.8, 4) is 33.4 Å². The molecule has 49 heavy (non-hydrogen) atoms. The Morgan fingerprint density at radius 2 is 0.673 bits per heavy atom. The van der Waals surface area contributed by atoms with Crippen LogP contribution in [0.4, 0.5) is 0 Å². The minimum atomic E-state index is 0.915. The van der Waals surface area contributed by atoms with Crippen molar-refractivity contribution in [1.82, 2.24) is 0 Å². The lowest BCUT2D eigenvalue weighted by atomic mass is 9.83. The summed E-state index contributed by atoms with van der Waals surface area (Å²) in [6.45, 7) is 12.0. The second kappa shape index (κ2) is 15.0. The van der Waals surface area contributed by atoms with Gasteiger partial charge in [0.1, 0.15) is 11.2 Å². The monoisotopic (exact) mass is 636 g/mol. The summed E-state index contributed by atoms with van der Waals surface area (Å²) in [6.07, 6.45) is 0. The molecule has 0 aliphatic rings. The van der Waals surface area contributed by atoms with Gasteiger partial charge in [0, 0.05) is 16.3 Å². The maximum absolute atomic E-state index is 6.52. The molecular formula is C48H44O.